The summed E-state index contributed by atoms with van der Waals surface area (Å²) in [7, 11) is 0. The summed E-state index contributed by atoms with van der Waals surface area (Å²) in [5.74, 6) is 6.43. The van der Waals surface area contributed by atoms with E-state index in [2.05, 4.69) is 16.8 Å². The highest BCUT2D eigenvalue weighted by Gasteiger charge is 1.99. The Morgan fingerprint density at radius 1 is 1.37 bits per heavy atom. The zero-order valence-corrected chi connectivity index (χ0v) is 11.9. The molecular weight excluding hydrogens is 278 g/mol. The van der Waals surface area contributed by atoms with Crippen molar-refractivity contribution in [2.75, 3.05) is 5.75 Å². The highest BCUT2D eigenvalue weighted by molar-refractivity contribution is 8.13. The summed E-state index contributed by atoms with van der Waals surface area (Å²) in [4.78, 5) is 24.5. The normalized spacial score (nSPS) is 9.74. The van der Waals surface area contributed by atoms with Gasteiger partial charge >= 0.3 is 4.87 Å². The smallest absolute Gasteiger partial charge is 0.304 e. The van der Waals surface area contributed by atoms with Crippen molar-refractivity contribution in [2.45, 2.75) is 6.92 Å². The minimum Gasteiger partial charge on any atom is -0.312 e. The monoisotopic (exact) mass is 289 g/mol. The first-order valence-electron chi connectivity index (χ1n) is 5.55. The minimum absolute atomic E-state index is 0.0554. The topological polar surface area (TPSA) is 49.9 Å². The van der Waals surface area contributed by atoms with Crippen molar-refractivity contribution in [2.24, 2.45) is 0 Å². The van der Waals surface area contributed by atoms with E-state index in [-0.39, 0.29) is 9.99 Å². The van der Waals surface area contributed by atoms with Crippen molar-refractivity contribution >= 4 is 28.2 Å². The summed E-state index contributed by atoms with van der Waals surface area (Å²) in [5.41, 5.74) is 2.68. The van der Waals surface area contributed by atoms with Crippen LogP contribution in [0.1, 0.15) is 12.5 Å². The number of rotatable bonds is 2. The van der Waals surface area contributed by atoms with E-state index >= 15 is 0 Å². The van der Waals surface area contributed by atoms with Crippen LogP contribution in [-0.4, -0.2) is 15.9 Å². The zero-order chi connectivity index (χ0) is 13.7. The van der Waals surface area contributed by atoms with E-state index in [1.807, 2.05) is 24.3 Å². The third kappa shape index (κ3) is 4.12. The van der Waals surface area contributed by atoms with Crippen molar-refractivity contribution in [3.05, 3.63) is 44.9 Å². The molecule has 0 aliphatic carbocycles. The van der Waals surface area contributed by atoms with Crippen molar-refractivity contribution in [3.63, 3.8) is 0 Å². The van der Waals surface area contributed by atoms with Crippen molar-refractivity contribution in [3.8, 4) is 23.1 Å². The molecule has 5 heteroatoms. The molecule has 0 unspecified atom stereocenters. The molecule has 1 heterocycles. The highest BCUT2D eigenvalue weighted by Crippen LogP contribution is 2.17. The Hall–Kier alpha value is -1.77. The van der Waals surface area contributed by atoms with Crippen molar-refractivity contribution < 1.29 is 4.79 Å². The molecule has 0 atom stereocenters. The number of aromatic amines is 1. The number of nitrogens with one attached hydrogen (secondary N) is 1. The second-order valence-electron chi connectivity index (χ2n) is 3.72. The van der Waals surface area contributed by atoms with Gasteiger partial charge in [0.05, 0.1) is 11.4 Å². The minimum atomic E-state index is -0.0554. The van der Waals surface area contributed by atoms with Gasteiger partial charge in [-0.15, -0.1) is 0 Å². The highest BCUT2D eigenvalue weighted by atomic mass is 32.2. The molecule has 0 saturated heterocycles. The lowest BCUT2D eigenvalue weighted by Crippen LogP contribution is -1.92. The molecule has 1 N–H and O–H groups in total. The number of aromatic nitrogens is 1. The van der Waals surface area contributed by atoms with Crippen molar-refractivity contribution in [1.29, 1.82) is 0 Å². The van der Waals surface area contributed by atoms with Gasteiger partial charge in [-0.25, -0.2) is 0 Å². The lowest BCUT2D eigenvalue weighted by atomic mass is 10.1. The number of thiazole rings is 1. The van der Waals surface area contributed by atoms with Crippen LogP contribution in [0.2, 0.25) is 0 Å². The molecule has 3 nitrogen and oxygen atoms in total. The molecule has 0 saturated carbocycles. The van der Waals surface area contributed by atoms with Crippen LogP contribution in [-0.2, 0) is 4.79 Å². The van der Waals surface area contributed by atoms with Gasteiger partial charge in [0.2, 0.25) is 0 Å². The summed E-state index contributed by atoms with van der Waals surface area (Å²) in [5, 5.41) is 1.87. The van der Waals surface area contributed by atoms with E-state index in [0.717, 1.165) is 28.2 Å². The van der Waals surface area contributed by atoms with Crippen LogP contribution in [0.15, 0.2) is 34.4 Å². The maximum absolute atomic E-state index is 11.1. The first-order chi connectivity index (χ1) is 9.15. The van der Waals surface area contributed by atoms with E-state index in [1.54, 1.807) is 5.38 Å². The molecule has 19 heavy (non-hydrogen) atoms. The van der Waals surface area contributed by atoms with Crippen LogP contribution in [0.3, 0.4) is 0 Å². The largest absolute Gasteiger partial charge is 0.312 e. The van der Waals surface area contributed by atoms with Crippen LogP contribution in [0, 0.1) is 11.8 Å². The first kappa shape index (κ1) is 13.7. The Morgan fingerprint density at radius 2 is 2.11 bits per heavy atom. The molecule has 1 aromatic carbocycles. The predicted octanol–water partition coefficient (Wildman–Crippen LogP) is 2.73. The number of thioether (sulfide) groups is 1. The molecule has 96 valence electrons. The molecule has 0 fully saturated rings. The van der Waals surface area contributed by atoms with Gasteiger partial charge in [-0.1, -0.05) is 47.1 Å². The fourth-order valence-electron chi connectivity index (χ4n) is 1.43. The van der Waals surface area contributed by atoms with Crippen LogP contribution in [0.4, 0.5) is 0 Å². The van der Waals surface area contributed by atoms with E-state index in [0.29, 0.717) is 5.75 Å². The van der Waals surface area contributed by atoms with Gasteiger partial charge in [0.15, 0.2) is 5.12 Å². The SMILES string of the molecule is CC(=O)SCC#Cc1ccc(-c2csc(=O)[nH]2)cc1. The molecule has 0 aliphatic heterocycles. The van der Waals surface area contributed by atoms with E-state index < -0.39 is 0 Å². The Bertz CT molecular complexity index is 686. The maximum atomic E-state index is 11.1. The molecule has 0 bridgehead atoms. The second-order valence-corrected chi connectivity index (χ2v) is 5.72. The van der Waals surface area contributed by atoms with Gasteiger partial charge in [0.25, 0.3) is 0 Å². The predicted molar refractivity (Wildman–Crippen MR) is 80.4 cm³/mol. The second kappa shape index (κ2) is 6.41. The van der Waals surface area contributed by atoms with E-state index in [4.69, 9.17) is 0 Å². The van der Waals surface area contributed by atoms with Crippen LogP contribution in [0.25, 0.3) is 11.3 Å². The van der Waals surface area contributed by atoms with Crippen LogP contribution in [0.5, 0.6) is 0 Å². The number of hydrogen-bond acceptors (Lipinski definition) is 4. The lowest BCUT2D eigenvalue weighted by Gasteiger charge is -1.96. The zero-order valence-electron chi connectivity index (χ0n) is 10.2. The number of carbonyl (C=O) groups excluding carboxylic acids is 1. The van der Waals surface area contributed by atoms with Gasteiger partial charge < -0.3 is 4.98 Å². The molecule has 0 radical (unpaired) electrons. The quantitative estimate of drug-likeness (QED) is 0.865. The summed E-state index contributed by atoms with van der Waals surface area (Å²) in [6.07, 6.45) is 0. The third-order valence-electron chi connectivity index (χ3n) is 2.30. The van der Waals surface area contributed by atoms with Gasteiger partial charge in [-0.05, 0) is 17.7 Å². The lowest BCUT2D eigenvalue weighted by molar-refractivity contribution is -0.109. The average molecular weight is 289 g/mol. The Morgan fingerprint density at radius 3 is 2.68 bits per heavy atom. The van der Waals surface area contributed by atoms with E-state index in [1.165, 1.54) is 18.7 Å². The van der Waals surface area contributed by atoms with Crippen LogP contribution >= 0.6 is 23.1 Å². The maximum Gasteiger partial charge on any atom is 0.304 e. The number of H-pyrrole nitrogens is 1. The molecule has 0 amide bonds. The molecule has 2 rings (SSSR count). The van der Waals surface area contributed by atoms with Crippen LogP contribution < -0.4 is 4.87 Å². The molecular formula is C14H11NO2S2. The summed E-state index contributed by atoms with van der Waals surface area (Å²) >= 11 is 2.35. The average Bonchev–Trinajstić information content (AvgIpc) is 2.82. The fraction of sp³-hybridized carbons (Fsp3) is 0.143. The van der Waals surface area contributed by atoms with Gasteiger partial charge in [-0.2, -0.15) is 0 Å². The molecule has 0 aliphatic rings. The Labute approximate surface area is 119 Å². The first-order valence-corrected chi connectivity index (χ1v) is 7.42. The van der Waals surface area contributed by atoms with Gasteiger partial charge in [0.1, 0.15) is 0 Å². The van der Waals surface area contributed by atoms with Gasteiger partial charge in [-0.3, -0.25) is 9.59 Å². The summed E-state index contributed by atoms with van der Waals surface area (Å²) in [6.45, 7) is 1.53. The van der Waals surface area contributed by atoms with E-state index in [9.17, 15) is 9.59 Å². The molecule has 1 aromatic heterocycles. The molecule has 2 aromatic rings. The number of carbonyl (C=O) groups is 1. The summed E-state index contributed by atoms with van der Waals surface area (Å²) < 4.78 is 0. The molecule has 0 spiro atoms. The number of benzene rings is 1. The fourth-order valence-corrected chi connectivity index (χ4v) is 2.37. The Kier molecular flexibility index (Phi) is 4.61. The Balaban J connectivity index is 2.06. The third-order valence-corrected chi connectivity index (χ3v) is 3.66. The van der Waals surface area contributed by atoms with Crippen molar-refractivity contribution in [1.82, 2.24) is 4.98 Å². The number of hydrogen-bond donors (Lipinski definition) is 1. The van der Waals surface area contributed by atoms with Gasteiger partial charge in [0, 0.05) is 17.9 Å². The summed E-state index contributed by atoms with van der Waals surface area (Å²) in [6, 6.07) is 7.63. The standard InChI is InChI=1S/C14H11NO2S2/c1-10(16)18-8-2-3-11-4-6-12(7-5-11)13-9-19-14(17)15-13/h4-7,9H,8H2,1H3,(H,15,17).